The van der Waals surface area contributed by atoms with Crippen LogP contribution in [0, 0.1) is 6.92 Å². The third kappa shape index (κ3) is 2.25. The Hall–Kier alpha value is -1.61. The van der Waals surface area contributed by atoms with Crippen molar-refractivity contribution in [3.63, 3.8) is 0 Å². The Bertz CT molecular complexity index is 446. The van der Waals surface area contributed by atoms with E-state index in [1.54, 1.807) is 0 Å². The minimum absolute atomic E-state index is 0.853. The fourth-order valence-electron chi connectivity index (χ4n) is 1.57. The van der Waals surface area contributed by atoms with E-state index >= 15 is 0 Å². The fraction of sp³-hybridized carbons (Fsp3) is 0.250. The van der Waals surface area contributed by atoms with Crippen molar-refractivity contribution >= 4 is 0 Å². The Morgan fingerprint density at radius 3 is 3.00 bits per heavy atom. The van der Waals surface area contributed by atoms with Crippen LogP contribution in [0.25, 0.3) is 5.69 Å². The van der Waals surface area contributed by atoms with Crippen LogP contribution in [0.4, 0.5) is 0 Å². The number of hydrogen-bond acceptors (Lipinski definition) is 2. The molecule has 0 aliphatic carbocycles. The largest absolute Gasteiger partial charge is 0.316 e. The Labute approximate surface area is 89.7 Å². The van der Waals surface area contributed by atoms with E-state index in [4.69, 9.17) is 0 Å². The highest BCUT2D eigenvalue weighted by atomic mass is 15.3. The highest BCUT2D eigenvalue weighted by molar-refractivity contribution is 5.34. The molecule has 1 N–H and O–H groups in total. The van der Waals surface area contributed by atoms with Crippen LogP contribution in [0.15, 0.2) is 36.7 Å². The van der Waals surface area contributed by atoms with Crippen molar-refractivity contribution in [3.8, 4) is 5.69 Å². The summed E-state index contributed by atoms with van der Waals surface area (Å²) in [6.07, 6.45) is 3.93. The third-order valence-electron chi connectivity index (χ3n) is 2.28. The molecule has 0 amide bonds. The number of aryl methyl sites for hydroxylation is 1. The molecular formula is C12H15N3. The van der Waals surface area contributed by atoms with Gasteiger partial charge < -0.3 is 5.32 Å². The number of nitrogens with zero attached hydrogens (tertiary/aromatic N) is 2. The molecular weight excluding hydrogens is 186 g/mol. The van der Waals surface area contributed by atoms with Gasteiger partial charge in [-0.25, -0.2) is 4.68 Å². The van der Waals surface area contributed by atoms with E-state index in [0.717, 1.165) is 12.2 Å². The van der Waals surface area contributed by atoms with Gasteiger partial charge in [-0.1, -0.05) is 12.1 Å². The van der Waals surface area contributed by atoms with Crippen molar-refractivity contribution < 1.29 is 0 Å². The lowest BCUT2D eigenvalue weighted by molar-refractivity contribution is 0.816. The van der Waals surface area contributed by atoms with Crippen LogP contribution >= 0.6 is 0 Å². The number of hydrogen-bond donors (Lipinski definition) is 1. The first-order valence-electron chi connectivity index (χ1n) is 5.05. The van der Waals surface area contributed by atoms with Crippen molar-refractivity contribution in [2.75, 3.05) is 7.05 Å². The maximum atomic E-state index is 4.32. The summed E-state index contributed by atoms with van der Waals surface area (Å²) in [7, 11) is 1.93. The molecule has 15 heavy (non-hydrogen) atoms. The quantitative estimate of drug-likeness (QED) is 0.822. The van der Waals surface area contributed by atoms with Gasteiger partial charge in [-0.15, -0.1) is 0 Å². The van der Waals surface area contributed by atoms with Gasteiger partial charge in [0.15, 0.2) is 0 Å². The first-order valence-corrected chi connectivity index (χ1v) is 5.05. The van der Waals surface area contributed by atoms with Crippen molar-refractivity contribution in [1.29, 1.82) is 0 Å². The minimum Gasteiger partial charge on any atom is -0.316 e. The second kappa shape index (κ2) is 4.28. The number of nitrogens with one attached hydrogen (secondary N) is 1. The maximum absolute atomic E-state index is 4.32. The zero-order valence-corrected chi connectivity index (χ0v) is 9.07. The lowest BCUT2D eigenvalue weighted by Crippen LogP contribution is -2.03. The summed E-state index contributed by atoms with van der Waals surface area (Å²) in [6.45, 7) is 2.94. The smallest absolute Gasteiger partial charge is 0.0648 e. The van der Waals surface area contributed by atoms with Gasteiger partial charge in [0.2, 0.25) is 0 Å². The summed E-state index contributed by atoms with van der Waals surface area (Å²) in [5.74, 6) is 0. The standard InChI is InChI=1S/C12H15N3/c1-10-4-3-5-12(6-10)15-9-11(7-13-2)8-14-15/h3-6,8-9,13H,7H2,1-2H3. The SMILES string of the molecule is CNCc1cnn(-c2cccc(C)c2)c1. The molecule has 2 aromatic rings. The average Bonchev–Trinajstić information content (AvgIpc) is 2.67. The molecule has 0 saturated heterocycles. The number of rotatable bonds is 3. The van der Waals surface area contributed by atoms with Crippen LogP contribution in [0.3, 0.4) is 0 Å². The molecule has 0 unspecified atom stereocenters. The van der Waals surface area contributed by atoms with Gasteiger partial charge in [-0.3, -0.25) is 0 Å². The van der Waals surface area contributed by atoms with E-state index in [-0.39, 0.29) is 0 Å². The fourth-order valence-corrected chi connectivity index (χ4v) is 1.57. The average molecular weight is 201 g/mol. The van der Waals surface area contributed by atoms with Crippen LogP contribution in [-0.4, -0.2) is 16.8 Å². The van der Waals surface area contributed by atoms with E-state index in [2.05, 4.69) is 35.5 Å². The molecule has 1 aromatic heterocycles. The van der Waals surface area contributed by atoms with Crippen LogP contribution in [-0.2, 0) is 6.54 Å². The number of aromatic nitrogens is 2. The highest BCUT2D eigenvalue weighted by Crippen LogP contribution is 2.10. The summed E-state index contributed by atoms with van der Waals surface area (Å²) >= 11 is 0. The van der Waals surface area contributed by atoms with E-state index in [0.29, 0.717) is 0 Å². The predicted molar refractivity (Wildman–Crippen MR) is 61.1 cm³/mol. The highest BCUT2D eigenvalue weighted by Gasteiger charge is 1.99. The van der Waals surface area contributed by atoms with E-state index in [9.17, 15) is 0 Å². The first kappa shape index (κ1) is 9.93. The molecule has 0 saturated carbocycles. The molecule has 0 atom stereocenters. The zero-order chi connectivity index (χ0) is 10.7. The topological polar surface area (TPSA) is 29.9 Å². The normalized spacial score (nSPS) is 10.5. The Morgan fingerprint density at radius 2 is 2.27 bits per heavy atom. The van der Waals surface area contributed by atoms with Crippen LogP contribution in [0.1, 0.15) is 11.1 Å². The van der Waals surface area contributed by atoms with E-state index in [1.165, 1.54) is 11.1 Å². The Balaban J connectivity index is 2.29. The van der Waals surface area contributed by atoms with E-state index < -0.39 is 0 Å². The molecule has 0 radical (unpaired) electrons. The molecule has 1 heterocycles. The van der Waals surface area contributed by atoms with Crippen molar-refractivity contribution in [3.05, 3.63) is 47.8 Å². The monoisotopic (exact) mass is 201 g/mol. The molecule has 0 aliphatic heterocycles. The predicted octanol–water partition coefficient (Wildman–Crippen LogP) is 1.90. The van der Waals surface area contributed by atoms with Crippen LogP contribution < -0.4 is 5.32 Å². The number of benzene rings is 1. The van der Waals surface area contributed by atoms with Crippen molar-refractivity contribution in [2.24, 2.45) is 0 Å². The van der Waals surface area contributed by atoms with Gasteiger partial charge >= 0.3 is 0 Å². The summed E-state index contributed by atoms with van der Waals surface area (Å²) in [5.41, 5.74) is 3.55. The molecule has 1 aromatic carbocycles. The first-order chi connectivity index (χ1) is 7.29. The summed E-state index contributed by atoms with van der Waals surface area (Å²) < 4.78 is 1.90. The van der Waals surface area contributed by atoms with Crippen LogP contribution in [0.5, 0.6) is 0 Å². The van der Waals surface area contributed by atoms with Gasteiger partial charge in [0.05, 0.1) is 11.9 Å². The maximum Gasteiger partial charge on any atom is 0.0648 e. The van der Waals surface area contributed by atoms with E-state index in [1.807, 2.05) is 30.2 Å². The van der Waals surface area contributed by atoms with Gasteiger partial charge in [0, 0.05) is 18.3 Å². The Kier molecular flexibility index (Phi) is 2.83. The summed E-state index contributed by atoms with van der Waals surface area (Å²) in [4.78, 5) is 0. The van der Waals surface area contributed by atoms with Crippen LogP contribution in [0.2, 0.25) is 0 Å². The molecule has 0 bridgehead atoms. The summed E-state index contributed by atoms with van der Waals surface area (Å²) in [5, 5.41) is 7.43. The molecule has 3 heteroatoms. The molecule has 2 rings (SSSR count). The molecule has 3 nitrogen and oxygen atoms in total. The van der Waals surface area contributed by atoms with Gasteiger partial charge in [-0.2, -0.15) is 5.10 Å². The van der Waals surface area contributed by atoms with Gasteiger partial charge in [0.1, 0.15) is 0 Å². The summed E-state index contributed by atoms with van der Waals surface area (Å²) in [6, 6.07) is 8.31. The lowest BCUT2D eigenvalue weighted by atomic mass is 10.2. The lowest BCUT2D eigenvalue weighted by Gasteiger charge is -2.01. The van der Waals surface area contributed by atoms with Crippen molar-refractivity contribution in [1.82, 2.24) is 15.1 Å². The minimum atomic E-state index is 0.853. The molecule has 0 spiro atoms. The van der Waals surface area contributed by atoms with Gasteiger partial charge in [-0.05, 0) is 31.7 Å². The van der Waals surface area contributed by atoms with Gasteiger partial charge in [0.25, 0.3) is 0 Å². The Morgan fingerprint density at radius 1 is 1.40 bits per heavy atom. The molecule has 0 aliphatic rings. The van der Waals surface area contributed by atoms with Crippen molar-refractivity contribution in [2.45, 2.75) is 13.5 Å². The second-order valence-electron chi connectivity index (χ2n) is 3.66. The second-order valence-corrected chi connectivity index (χ2v) is 3.66. The molecule has 0 fully saturated rings. The molecule has 78 valence electrons. The zero-order valence-electron chi connectivity index (χ0n) is 9.07. The third-order valence-corrected chi connectivity index (χ3v) is 2.28.